The number of likely N-dealkylation sites (N-methyl/N-ethyl adjacent to an activating group) is 1. The van der Waals surface area contributed by atoms with Gasteiger partial charge in [0.25, 0.3) is 5.91 Å². The molecule has 0 aromatic carbocycles. The summed E-state index contributed by atoms with van der Waals surface area (Å²) in [5.74, 6) is 1.03. The molecule has 7 nitrogen and oxygen atoms in total. The molecular formula is C23H33N5O2. The van der Waals surface area contributed by atoms with Crippen molar-refractivity contribution >= 4 is 17.6 Å². The third-order valence-corrected chi connectivity index (χ3v) is 8.27. The second-order valence-electron chi connectivity index (χ2n) is 9.97. The van der Waals surface area contributed by atoms with E-state index in [-0.39, 0.29) is 29.1 Å². The van der Waals surface area contributed by atoms with Gasteiger partial charge in [0.05, 0.1) is 5.56 Å². The Bertz CT molecular complexity index is 860. The zero-order valence-electron chi connectivity index (χ0n) is 18.0. The first kappa shape index (κ1) is 19.8. The molecule has 1 aromatic rings. The molecule has 3 N–H and O–H groups in total. The maximum absolute atomic E-state index is 13.2. The third-order valence-electron chi connectivity index (χ3n) is 8.27. The number of hydrogen-bond acceptors (Lipinski definition) is 5. The zero-order chi connectivity index (χ0) is 20.9. The number of carbonyl (C=O) groups excluding carboxylic acids is 2. The highest BCUT2D eigenvalue weighted by atomic mass is 16.2. The lowest BCUT2D eigenvalue weighted by atomic mass is 9.51. The summed E-state index contributed by atoms with van der Waals surface area (Å²) in [5, 5.41) is 10.1. The van der Waals surface area contributed by atoms with Gasteiger partial charge in [-0.3, -0.25) is 14.5 Å². The third kappa shape index (κ3) is 3.09. The molecule has 2 bridgehead atoms. The number of hydrogen-bond donors (Lipinski definition) is 3. The van der Waals surface area contributed by atoms with E-state index >= 15 is 0 Å². The number of fused-ring (bicyclic) bond motifs is 3. The van der Waals surface area contributed by atoms with Crippen LogP contribution in [-0.2, 0) is 4.79 Å². The van der Waals surface area contributed by atoms with Gasteiger partial charge in [0.2, 0.25) is 5.91 Å². The minimum atomic E-state index is -0.493. The molecule has 0 unspecified atom stereocenters. The van der Waals surface area contributed by atoms with Crippen LogP contribution >= 0.6 is 0 Å². The van der Waals surface area contributed by atoms with Crippen molar-refractivity contribution in [2.45, 2.75) is 64.1 Å². The number of nitrogens with zero attached hydrogens (tertiary/aromatic N) is 2. The zero-order valence-corrected chi connectivity index (χ0v) is 18.0. The highest BCUT2D eigenvalue weighted by molar-refractivity contribution is 6.01. The first-order valence-electron chi connectivity index (χ1n) is 11.5. The average molecular weight is 412 g/mol. The van der Waals surface area contributed by atoms with E-state index in [4.69, 9.17) is 0 Å². The van der Waals surface area contributed by atoms with Crippen molar-refractivity contribution in [2.75, 3.05) is 25.0 Å². The van der Waals surface area contributed by atoms with Gasteiger partial charge in [-0.05, 0) is 69.2 Å². The number of likely N-dealkylation sites (tertiary alicyclic amines) is 1. The summed E-state index contributed by atoms with van der Waals surface area (Å²) < 4.78 is 0. The number of amides is 2. The van der Waals surface area contributed by atoms with Crippen molar-refractivity contribution in [1.82, 2.24) is 20.5 Å². The van der Waals surface area contributed by atoms with Gasteiger partial charge in [-0.25, -0.2) is 4.98 Å². The van der Waals surface area contributed by atoms with Crippen molar-refractivity contribution < 1.29 is 9.59 Å². The Morgan fingerprint density at radius 3 is 3.03 bits per heavy atom. The van der Waals surface area contributed by atoms with E-state index in [1.165, 1.54) is 12.8 Å². The summed E-state index contributed by atoms with van der Waals surface area (Å²) in [6, 6.07) is 4.07. The first-order chi connectivity index (χ1) is 14.4. The lowest BCUT2D eigenvalue weighted by Gasteiger charge is -2.60. The molecule has 0 radical (unpaired) electrons. The fraction of sp³-hybridized carbons (Fsp3) is 0.696. The minimum Gasteiger partial charge on any atom is -0.354 e. The van der Waals surface area contributed by atoms with Crippen LogP contribution in [0.4, 0.5) is 5.82 Å². The molecule has 3 saturated carbocycles. The number of anilines is 1. The summed E-state index contributed by atoms with van der Waals surface area (Å²) in [6.45, 7) is 7.36. The van der Waals surface area contributed by atoms with Gasteiger partial charge in [0.15, 0.2) is 0 Å². The Morgan fingerprint density at radius 2 is 2.23 bits per heavy atom. The van der Waals surface area contributed by atoms with Crippen molar-refractivity contribution in [3.8, 4) is 0 Å². The van der Waals surface area contributed by atoms with E-state index in [1.807, 2.05) is 0 Å². The van der Waals surface area contributed by atoms with Gasteiger partial charge in [-0.1, -0.05) is 13.8 Å². The topological polar surface area (TPSA) is 86.4 Å². The molecule has 1 saturated heterocycles. The maximum Gasteiger partial charge on any atom is 0.256 e. The molecule has 1 spiro atoms. The summed E-state index contributed by atoms with van der Waals surface area (Å²) in [5.41, 5.74) is -0.0286. The van der Waals surface area contributed by atoms with Gasteiger partial charge < -0.3 is 16.0 Å². The number of aromatic nitrogens is 1. The molecule has 2 amide bonds. The second-order valence-corrected chi connectivity index (χ2v) is 9.97. The van der Waals surface area contributed by atoms with Crippen LogP contribution in [0, 0.1) is 17.3 Å². The molecule has 3 heterocycles. The molecule has 5 aliphatic rings. The van der Waals surface area contributed by atoms with E-state index in [9.17, 15) is 9.59 Å². The molecule has 30 heavy (non-hydrogen) atoms. The summed E-state index contributed by atoms with van der Waals surface area (Å²) >= 11 is 0. The van der Waals surface area contributed by atoms with Crippen LogP contribution in [0.1, 0.15) is 62.7 Å². The average Bonchev–Trinajstić information content (AvgIpc) is 3.19. The van der Waals surface area contributed by atoms with Gasteiger partial charge in [0.1, 0.15) is 11.5 Å². The first-order valence-corrected chi connectivity index (χ1v) is 11.5. The van der Waals surface area contributed by atoms with Crippen LogP contribution in [-0.4, -0.2) is 53.0 Å². The van der Waals surface area contributed by atoms with Crippen LogP contribution in [0.3, 0.4) is 0 Å². The number of rotatable bonds is 4. The van der Waals surface area contributed by atoms with Crippen LogP contribution in [0.15, 0.2) is 18.3 Å². The lowest BCUT2D eigenvalue weighted by Crippen LogP contribution is -2.70. The quantitative estimate of drug-likeness (QED) is 0.708. The number of carbonyl (C=O) groups is 2. The molecule has 2 aliphatic heterocycles. The highest BCUT2D eigenvalue weighted by Crippen LogP contribution is 2.58. The molecule has 162 valence electrons. The normalized spacial score (nSPS) is 37.5. The predicted molar refractivity (Wildman–Crippen MR) is 115 cm³/mol. The van der Waals surface area contributed by atoms with Crippen LogP contribution < -0.4 is 16.0 Å². The Hall–Kier alpha value is -2.15. The maximum atomic E-state index is 13.2. The van der Waals surface area contributed by atoms with Crippen molar-refractivity contribution in [3.63, 3.8) is 0 Å². The molecule has 1 aromatic heterocycles. The van der Waals surface area contributed by atoms with Crippen LogP contribution in [0.2, 0.25) is 0 Å². The Kier molecular flexibility index (Phi) is 4.76. The number of nitrogens with one attached hydrogen (secondary N) is 3. The molecule has 3 aliphatic carbocycles. The smallest absolute Gasteiger partial charge is 0.256 e. The Balaban J connectivity index is 1.31. The van der Waals surface area contributed by atoms with E-state index < -0.39 is 5.66 Å². The molecule has 7 heteroatoms. The predicted octanol–water partition coefficient (Wildman–Crippen LogP) is 2.36. The SMILES string of the molecule is CCN1CCC[C@@H]1CNC(=O)[C@H]1C[C@H]2CC[C@@]1(C)C[C@@]21NC(=O)c2cccnc2N1. The standard InChI is InChI=1S/C23H33N5O2/c1-3-28-11-5-6-16(28)13-25-21(30)18-12-15-8-9-22(18,2)14-23(15)26-19-17(20(29)27-23)7-4-10-24-19/h4,7,10,15-16,18H,3,5-6,8-9,11-14H2,1-2H3,(H,24,26)(H,25,30)(H,27,29)/t15-,16-,18-,22+,23-/m1/s1. The van der Waals surface area contributed by atoms with E-state index in [0.717, 1.165) is 45.3 Å². The largest absolute Gasteiger partial charge is 0.354 e. The molecular weight excluding hydrogens is 378 g/mol. The number of pyridine rings is 1. The minimum absolute atomic E-state index is 0.00202. The van der Waals surface area contributed by atoms with E-state index in [2.05, 4.69) is 39.7 Å². The van der Waals surface area contributed by atoms with E-state index in [1.54, 1.807) is 18.3 Å². The molecule has 4 fully saturated rings. The monoisotopic (exact) mass is 411 g/mol. The Morgan fingerprint density at radius 1 is 1.37 bits per heavy atom. The van der Waals surface area contributed by atoms with Gasteiger partial charge in [-0.2, -0.15) is 0 Å². The van der Waals surface area contributed by atoms with Crippen molar-refractivity contribution in [1.29, 1.82) is 0 Å². The lowest BCUT2D eigenvalue weighted by molar-refractivity contribution is -0.139. The molecule has 6 rings (SSSR count). The van der Waals surface area contributed by atoms with E-state index in [0.29, 0.717) is 17.4 Å². The van der Waals surface area contributed by atoms with Gasteiger partial charge in [-0.15, -0.1) is 0 Å². The van der Waals surface area contributed by atoms with Crippen molar-refractivity contribution in [2.24, 2.45) is 17.3 Å². The molecule has 5 atom stereocenters. The van der Waals surface area contributed by atoms with Crippen LogP contribution in [0.25, 0.3) is 0 Å². The second kappa shape index (κ2) is 7.22. The summed E-state index contributed by atoms with van der Waals surface area (Å²) in [7, 11) is 0. The van der Waals surface area contributed by atoms with Crippen LogP contribution in [0.5, 0.6) is 0 Å². The van der Waals surface area contributed by atoms with Gasteiger partial charge in [0, 0.05) is 30.6 Å². The van der Waals surface area contributed by atoms with Crippen molar-refractivity contribution in [3.05, 3.63) is 23.9 Å². The fourth-order valence-corrected chi connectivity index (χ4v) is 6.61. The van der Waals surface area contributed by atoms with Gasteiger partial charge >= 0.3 is 0 Å². The fourth-order valence-electron chi connectivity index (χ4n) is 6.61. The highest BCUT2D eigenvalue weighted by Gasteiger charge is 2.60. The Labute approximate surface area is 178 Å². The summed E-state index contributed by atoms with van der Waals surface area (Å²) in [6.07, 6.45) is 7.72. The summed E-state index contributed by atoms with van der Waals surface area (Å²) in [4.78, 5) is 32.9.